The maximum atomic E-state index is 12.5. The second-order valence-corrected chi connectivity index (χ2v) is 4.09. The number of nitrogens with zero attached hydrogens (tertiary/aromatic N) is 2. The van der Waals surface area contributed by atoms with Crippen LogP contribution < -0.4 is 0 Å². The normalized spacial score (nSPS) is 13.1. The minimum absolute atomic E-state index is 0.169. The molecule has 0 unspecified atom stereocenters. The zero-order valence-electron chi connectivity index (χ0n) is 8.75. The van der Waals surface area contributed by atoms with Gasteiger partial charge in [0.25, 0.3) is 6.43 Å². The van der Waals surface area contributed by atoms with Gasteiger partial charge in [-0.3, -0.25) is 4.68 Å². The maximum absolute atomic E-state index is 12.5. The molecule has 1 N–H and O–H groups in total. The number of halogens is 3. The van der Waals surface area contributed by atoms with Crippen molar-refractivity contribution in [2.75, 3.05) is 0 Å². The van der Waals surface area contributed by atoms with Crippen molar-refractivity contribution in [2.24, 2.45) is 0 Å². The van der Waals surface area contributed by atoms with Crippen LogP contribution in [0, 0.1) is 6.92 Å². The fourth-order valence-electron chi connectivity index (χ4n) is 1.42. The van der Waals surface area contributed by atoms with Gasteiger partial charge in [0.15, 0.2) is 0 Å². The van der Waals surface area contributed by atoms with Crippen molar-refractivity contribution in [3.63, 3.8) is 0 Å². The van der Waals surface area contributed by atoms with Gasteiger partial charge < -0.3 is 5.11 Å². The highest BCUT2D eigenvalue weighted by Crippen LogP contribution is 2.31. The molecule has 0 fully saturated rings. The first kappa shape index (κ1) is 13.1. The summed E-state index contributed by atoms with van der Waals surface area (Å²) in [6.07, 6.45) is -2.44. The topological polar surface area (TPSA) is 55.1 Å². The molecule has 0 saturated carbocycles. The van der Waals surface area contributed by atoms with Crippen LogP contribution in [0.3, 0.4) is 0 Å². The molecule has 90 valence electrons. The van der Waals surface area contributed by atoms with E-state index in [0.29, 0.717) is 5.69 Å². The summed E-state index contributed by atoms with van der Waals surface area (Å²) in [5, 5.41) is 12.6. The number of alkyl halides is 2. The lowest BCUT2D eigenvalue weighted by Crippen LogP contribution is -2.20. The Hall–Kier alpha value is -0.980. The molecule has 0 radical (unpaired) electrons. The van der Waals surface area contributed by atoms with E-state index in [1.807, 2.05) is 0 Å². The number of hydrogen-bond donors (Lipinski definition) is 1. The first-order valence-electron chi connectivity index (χ1n) is 4.65. The smallest absolute Gasteiger partial charge is 0.328 e. The summed E-state index contributed by atoms with van der Waals surface area (Å²) >= 11 is 2.99. The van der Waals surface area contributed by atoms with Gasteiger partial charge in [-0.25, -0.2) is 13.6 Å². The van der Waals surface area contributed by atoms with Crippen molar-refractivity contribution in [3.8, 4) is 0 Å². The molecule has 4 nitrogen and oxygen atoms in total. The Labute approximate surface area is 99.4 Å². The molecule has 1 aromatic rings. The van der Waals surface area contributed by atoms with Crippen LogP contribution in [0.25, 0.3) is 0 Å². The Morgan fingerprint density at radius 2 is 2.19 bits per heavy atom. The summed E-state index contributed by atoms with van der Waals surface area (Å²) in [5.41, 5.74) is -0.0262. The first-order valence-corrected chi connectivity index (χ1v) is 5.44. The molecule has 7 heteroatoms. The molecule has 0 aliphatic rings. The van der Waals surface area contributed by atoms with Crippen LogP contribution in [0.2, 0.25) is 0 Å². The van der Waals surface area contributed by atoms with Crippen LogP contribution in [0.4, 0.5) is 8.78 Å². The average molecular weight is 297 g/mol. The molecule has 0 aliphatic carbocycles. The Kier molecular flexibility index (Phi) is 4.01. The van der Waals surface area contributed by atoms with Gasteiger partial charge in [-0.05, 0) is 29.3 Å². The number of carboxylic acids is 1. The van der Waals surface area contributed by atoms with Gasteiger partial charge in [0.1, 0.15) is 11.7 Å². The summed E-state index contributed by atoms with van der Waals surface area (Å²) in [6.45, 7) is 3.21. The van der Waals surface area contributed by atoms with Crippen molar-refractivity contribution >= 4 is 21.9 Å². The lowest BCUT2D eigenvalue weighted by Gasteiger charge is -2.12. The summed E-state index contributed by atoms with van der Waals surface area (Å²) in [7, 11) is 0. The van der Waals surface area contributed by atoms with Gasteiger partial charge in [-0.2, -0.15) is 5.10 Å². The Balaban J connectivity index is 3.24. The Bertz CT molecular complexity index is 406. The number of aliphatic carboxylic acids is 1. The maximum Gasteiger partial charge on any atom is 0.328 e. The van der Waals surface area contributed by atoms with Crippen molar-refractivity contribution in [1.82, 2.24) is 9.78 Å². The second-order valence-electron chi connectivity index (χ2n) is 3.29. The number of carboxylic acid groups (broad SMARTS) is 1. The molecule has 1 rings (SSSR count). The lowest BCUT2D eigenvalue weighted by atomic mass is 10.2. The highest BCUT2D eigenvalue weighted by Gasteiger charge is 2.26. The molecule has 0 bridgehead atoms. The Morgan fingerprint density at radius 3 is 2.50 bits per heavy atom. The molecule has 0 saturated heterocycles. The second kappa shape index (κ2) is 4.90. The van der Waals surface area contributed by atoms with Gasteiger partial charge in [0, 0.05) is 0 Å². The molecule has 1 atom stereocenters. The van der Waals surface area contributed by atoms with Crippen LogP contribution >= 0.6 is 15.9 Å². The summed E-state index contributed by atoms with van der Waals surface area (Å²) < 4.78 is 26.4. The highest BCUT2D eigenvalue weighted by molar-refractivity contribution is 9.10. The zero-order valence-corrected chi connectivity index (χ0v) is 10.3. The van der Waals surface area contributed by atoms with Gasteiger partial charge >= 0.3 is 5.97 Å². The third kappa shape index (κ3) is 2.23. The molecule has 0 aromatic carbocycles. The average Bonchev–Trinajstić information content (AvgIpc) is 2.47. The van der Waals surface area contributed by atoms with E-state index in [1.165, 1.54) is 0 Å². The molecular formula is C9H11BrF2N2O2. The van der Waals surface area contributed by atoms with E-state index in [4.69, 9.17) is 5.11 Å². The van der Waals surface area contributed by atoms with Gasteiger partial charge in [-0.15, -0.1) is 0 Å². The van der Waals surface area contributed by atoms with Crippen molar-refractivity contribution < 1.29 is 18.7 Å². The third-order valence-electron chi connectivity index (χ3n) is 2.28. The van der Waals surface area contributed by atoms with Crippen LogP contribution in [-0.2, 0) is 4.79 Å². The minimum Gasteiger partial charge on any atom is -0.480 e. The van der Waals surface area contributed by atoms with Gasteiger partial charge in [0.2, 0.25) is 0 Å². The highest BCUT2D eigenvalue weighted by atomic mass is 79.9. The molecule has 1 aromatic heterocycles. The van der Waals surface area contributed by atoms with Crippen molar-refractivity contribution in [1.29, 1.82) is 0 Å². The number of hydrogen-bond acceptors (Lipinski definition) is 2. The van der Waals surface area contributed by atoms with E-state index in [2.05, 4.69) is 21.0 Å². The predicted octanol–water partition coefficient (Wildman–Crippen LogP) is 2.93. The van der Waals surface area contributed by atoms with E-state index < -0.39 is 24.1 Å². The van der Waals surface area contributed by atoms with Gasteiger partial charge in [-0.1, -0.05) is 6.92 Å². The molecular weight excluding hydrogens is 286 g/mol. The number of aromatic nitrogens is 2. The first-order chi connectivity index (χ1) is 7.40. The predicted molar refractivity (Wildman–Crippen MR) is 56.6 cm³/mol. The number of carbonyl (C=O) groups is 1. The van der Waals surface area contributed by atoms with E-state index in [1.54, 1.807) is 13.8 Å². The summed E-state index contributed by atoms with van der Waals surface area (Å²) in [5.74, 6) is -1.08. The minimum atomic E-state index is -2.72. The SMILES string of the molecule is CC[C@H](C(=O)O)n1nc(C(F)F)c(Br)c1C. The van der Waals surface area contributed by atoms with E-state index in [9.17, 15) is 13.6 Å². The molecule has 0 spiro atoms. The monoisotopic (exact) mass is 296 g/mol. The molecule has 16 heavy (non-hydrogen) atoms. The van der Waals surface area contributed by atoms with Crippen molar-refractivity contribution in [2.45, 2.75) is 32.7 Å². The van der Waals surface area contributed by atoms with E-state index in [-0.39, 0.29) is 10.9 Å². The van der Waals surface area contributed by atoms with E-state index in [0.717, 1.165) is 4.68 Å². The van der Waals surface area contributed by atoms with Crippen LogP contribution in [0.15, 0.2) is 4.47 Å². The third-order valence-corrected chi connectivity index (χ3v) is 3.26. The quantitative estimate of drug-likeness (QED) is 0.929. The zero-order chi connectivity index (χ0) is 12.5. The lowest BCUT2D eigenvalue weighted by molar-refractivity contribution is -0.141. The van der Waals surface area contributed by atoms with Crippen molar-refractivity contribution in [3.05, 3.63) is 15.9 Å². The molecule has 1 heterocycles. The van der Waals surface area contributed by atoms with E-state index >= 15 is 0 Å². The van der Waals surface area contributed by atoms with Crippen LogP contribution in [0.1, 0.15) is 37.2 Å². The largest absolute Gasteiger partial charge is 0.480 e. The summed E-state index contributed by atoms with van der Waals surface area (Å²) in [4.78, 5) is 10.9. The Morgan fingerprint density at radius 1 is 1.62 bits per heavy atom. The summed E-state index contributed by atoms with van der Waals surface area (Å²) in [6, 6.07) is -0.913. The standard InChI is InChI=1S/C9H11BrF2N2O2/c1-3-5(9(15)16)14-4(2)6(10)7(13-14)8(11)12/h5,8H,3H2,1-2H3,(H,15,16)/t5-/m1/s1. The van der Waals surface area contributed by atoms with Crippen LogP contribution in [0.5, 0.6) is 0 Å². The van der Waals surface area contributed by atoms with Crippen LogP contribution in [-0.4, -0.2) is 20.9 Å². The molecule has 0 aliphatic heterocycles. The fourth-order valence-corrected chi connectivity index (χ4v) is 1.85. The number of rotatable bonds is 4. The fraction of sp³-hybridized carbons (Fsp3) is 0.556. The van der Waals surface area contributed by atoms with Gasteiger partial charge in [0.05, 0.1) is 10.2 Å². The molecule has 0 amide bonds.